The molecular weight excluding hydrogens is 540 g/mol. The molecule has 0 saturated carbocycles. The van der Waals surface area contributed by atoms with Crippen LogP contribution in [0.15, 0.2) is 67.0 Å². The molecule has 220 valence electrons. The van der Waals surface area contributed by atoms with Gasteiger partial charge in [-0.1, -0.05) is 6.07 Å². The molecule has 3 aromatic rings. The average molecular weight is 575 g/mol. The van der Waals surface area contributed by atoms with Gasteiger partial charge < -0.3 is 29.2 Å². The van der Waals surface area contributed by atoms with Crippen molar-refractivity contribution in [1.29, 1.82) is 0 Å². The molecule has 0 aliphatic carbocycles. The van der Waals surface area contributed by atoms with E-state index in [9.17, 15) is 14.4 Å². The van der Waals surface area contributed by atoms with Gasteiger partial charge in [0.2, 0.25) is 5.91 Å². The second-order valence-electron chi connectivity index (χ2n) is 10.1. The van der Waals surface area contributed by atoms with Crippen molar-refractivity contribution in [3.63, 3.8) is 0 Å². The Labute approximate surface area is 244 Å². The van der Waals surface area contributed by atoms with Gasteiger partial charge in [-0.25, -0.2) is 0 Å². The van der Waals surface area contributed by atoms with Crippen LogP contribution in [0.2, 0.25) is 0 Å². The number of hydrogen-bond donors (Lipinski definition) is 1. The van der Waals surface area contributed by atoms with Gasteiger partial charge in [-0.3, -0.25) is 24.3 Å². The van der Waals surface area contributed by atoms with Crippen LogP contribution in [0.4, 0.5) is 0 Å². The Morgan fingerprint density at radius 3 is 2.29 bits per heavy atom. The fourth-order valence-corrected chi connectivity index (χ4v) is 5.46. The fourth-order valence-electron chi connectivity index (χ4n) is 5.46. The molecule has 11 nitrogen and oxygen atoms in total. The van der Waals surface area contributed by atoms with Crippen LogP contribution < -0.4 is 19.5 Å². The monoisotopic (exact) mass is 574 g/mol. The summed E-state index contributed by atoms with van der Waals surface area (Å²) < 4.78 is 22.2. The first-order valence-electron chi connectivity index (χ1n) is 13.7. The third-order valence-corrected chi connectivity index (χ3v) is 7.77. The Hall–Kier alpha value is -4.64. The third-order valence-electron chi connectivity index (χ3n) is 7.77. The number of piperidine rings is 1. The molecular formula is C31H34N4O7. The number of benzene rings is 2. The number of aromatic nitrogens is 1. The zero-order valence-electron chi connectivity index (χ0n) is 23.9. The molecule has 11 heteroatoms. The van der Waals surface area contributed by atoms with Crippen molar-refractivity contribution in [1.82, 2.24) is 20.1 Å². The quantitative estimate of drug-likeness (QED) is 0.436. The van der Waals surface area contributed by atoms with E-state index in [4.69, 9.17) is 18.9 Å². The summed E-state index contributed by atoms with van der Waals surface area (Å²) in [7, 11) is 4.61. The minimum Gasteiger partial charge on any atom is -0.497 e. The summed E-state index contributed by atoms with van der Waals surface area (Å²) in [5.41, 5.74) is 0.681. The van der Waals surface area contributed by atoms with Crippen molar-refractivity contribution in [2.75, 3.05) is 41.0 Å². The molecule has 2 aliphatic heterocycles. The Bertz CT molecular complexity index is 1420. The standard InChI is InChI=1S/C31H34N4O7/c1-39-24-9-6-22(7-10-24)30(38)35-25(28(36)33-19-21-5-4-14-32-18-21)20-42-31(35)12-15-34(16-13-31)29(37)23-8-11-26(40-2)27(17-23)41-3/h4-11,14,17-18,25H,12-13,15-16,19-20H2,1-3H3,(H,33,36)/t25-/m0/s1. The largest absolute Gasteiger partial charge is 0.497 e. The molecule has 42 heavy (non-hydrogen) atoms. The Morgan fingerprint density at radius 1 is 0.929 bits per heavy atom. The molecule has 3 amide bonds. The van der Waals surface area contributed by atoms with Gasteiger partial charge in [-0.05, 0) is 54.1 Å². The smallest absolute Gasteiger partial charge is 0.256 e. The maximum atomic E-state index is 14.0. The zero-order valence-corrected chi connectivity index (χ0v) is 23.9. The number of amides is 3. The molecule has 3 heterocycles. The van der Waals surface area contributed by atoms with Gasteiger partial charge >= 0.3 is 0 Å². The highest BCUT2D eigenvalue weighted by Gasteiger charge is 2.54. The lowest BCUT2D eigenvalue weighted by atomic mass is 9.96. The topological polar surface area (TPSA) is 120 Å². The van der Waals surface area contributed by atoms with Gasteiger partial charge in [0, 0.05) is 56.0 Å². The van der Waals surface area contributed by atoms with E-state index in [1.165, 1.54) is 14.2 Å². The van der Waals surface area contributed by atoms with Gasteiger partial charge in [-0.2, -0.15) is 0 Å². The average Bonchev–Trinajstić information content (AvgIpc) is 3.41. The second kappa shape index (κ2) is 12.5. The maximum absolute atomic E-state index is 14.0. The summed E-state index contributed by atoms with van der Waals surface area (Å²) in [6, 6.07) is 14.6. The number of rotatable bonds is 8. The summed E-state index contributed by atoms with van der Waals surface area (Å²) in [6.45, 7) is 0.992. The molecule has 0 radical (unpaired) electrons. The molecule has 5 rings (SSSR count). The van der Waals surface area contributed by atoms with Crippen LogP contribution in [0.1, 0.15) is 39.1 Å². The molecule has 2 fully saturated rings. The van der Waals surface area contributed by atoms with E-state index in [0.29, 0.717) is 54.3 Å². The summed E-state index contributed by atoms with van der Waals surface area (Å²) in [4.78, 5) is 48.2. The number of nitrogens with one attached hydrogen (secondary N) is 1. The zero-order chi connectivity index (χ0) is 29.7. The van der Waals surface area contributed by atoms with Crippen molar-refractivity contribution >= 4 is 17.7 Å². The summed E-state index contributed by atoms with van der Waals surface area (Å²) >= 11 is 0. The highest BCUT2D eigenvalue weighted by Crippen LogP contribution is 2.39. The molecule has 0 unspecified atom stereocenters. The Kier molecular flexibility index (Phi) is 8.58. The summed E-state index contributed by atoms with van der Waals surface area (Å²) in [5, 5.41) is 2.93. The van der Waals surface area contributed by atoms with E-state index < -0.39 is 11.8 Å². The highest BCUT2D eigenvalue weighted by atomic mass is 16.5. The second-order valence-corrected chi connectivity index (χ2v) is 10.1. The number of ether oxygens (including phenoxy) is 4. The lowest BCUT2D eigenvalue weighted by Crippen LogP contribution is -2.59. The summed E-state index contributed by atoms with van der Waals surface area (Å²) in [6.07, 6.45) is 4.04. The number of carbonyl (C=O) groups excluding carboxylic acids is 3. The van der Waals surface area contributed by atoms with E-state index in [-0.39, 0.29) is 30.9 Å². The molecule has 1 spiro atoms. The molecule has 0 bridgehead atoms. The van der Waals surface area contributed by atoms with Crippen LogP contribution in [0.25, 0.3) is 0 Å². The first kappa shape index (κ1) is 28.9. The first-order chi connectivity index (χ1) is 20.4. The van der Waals surface area contributed by atoms with Crippen LogP contribution in [-0.4, -0.2) is 85.3 Å². The number of methoxy groups -OCH3 is 3. The lowest BCUT2D eigenvalue weighted by Gasteiger charge is -2.44. The van der Waals surface area contributed by atoms with Crippen molar-refractivity contribution in [2.24, 2.45) is 0 Å². The van der Waals surface area contributed by atoms with E-state index in [1.807, 2.05) is 6.07 Å². The van der Waals surface area contributed by atoms with Gasteiger partial charge in [0.05, 0.1) is 27.9 Å². The van der Waals surface area contributed by atoms with Crippen LogP contribution in [-0.2, 0) is 16.1 Å². The maximum Gasteiger partial charge on any atom is 0.256 e. The van der Waals surface area contributed by atoms with Crippen LogP contribution >= 0.6 is 0 Å². The molecule has 1 aromatic heterocycles. The number of carbonyl (C=O) groups is 3. The van der Waals surface area contributed by atoms with Gasteiger partial charge in [-0.15, -0.1) is 0 Å². The first-order valence-corrected chi connectivity index (χ1v) is 13.7. The van der Waals surface area contributed by atoms with Gasteiger partial charge in [0.25, 0.3) is 11.8 Å². The molecule has 2 aromatic carbocycles. The van der Waals surface area contributed by atoms with E-state index in [2.05, 4.69) is 10.3 Å². The predicted molar refractivity (Wildman–Crippen MR) is 152 cm³/mol. The van der Waals surface area contributed by atoms with Crippen LogP contribution in [0.5, 0.6) is 17.2 Å². The van der Waals surface area contributed by atoms with Crippen molar-refractivity contribution in [2.45, 2.75) is 31.2 Å². The molecule has 1 atom stereocenters. The SMILES string of the molecule is COc1ccc(C(=O)N2[C@H](C(=O)NCc3cccnc3)COC23CCN(C(=O)c2ccc(OC)c(OC)c2)CC3)cc1. The molecule has 2 aliphatic rings. The molecule has 2 saturated heterocycles. The molecule has 1 N–H and O–H groups in total. The minimum atomic E-state index is -1.04. The Balaban J connectivity index is 1.36. The van der Waals surface area contributed by atoms with Crippen LogP contribution in [0.3, 0.4) is 0 Å². The van der Waals surface area contributed by atoms with E-state index in [0.717, 1.165) is 5.56 Å². The van der Waals surface area contributed by atoms with Crippen molar-refractivity contribution in [3.05, 3.63) is 83.7 Å². The third kappa shape index (κ3) is 5.73. The van der Waals surface area contributed by atoms with Crippen LogP contribution in [0, 0.1) is 0 Å². The number of likely N-dealkylation sites (tertiary alicyclic amines) is 1. The predicted octanol–water partition coefficient (Wildman–Crippen LogP) is 2.90. The fraction of sp³-hybridized carbons (Fsp3) is 0.355. The van der Waals surface area contributed by atoms with E-state index in [1.54, 1.807) is 77.8 Å². The van der Waals surface area contributed by atoms with Gasteiger partial charge in [0.1, 0.15) is 17.5 Å². The number of hydrogen-bond acceptors (Lipinski definition) is 8. The van der Waals surface area contributed by atoms with E-state index >= 15 is 0 Å². The summed E-state index contributed by atoms with van der Waals surface area (Å²) in [5.74, 6) is 0.811. The lowest BCUT2D eigenvalue weighted by molar-refractivity contribution is -0.128. The van der Waals surface area contributed by atoms with Crippen molar-refractivity contribution in [3.8, 4) is 17.2 Å². The Morgan fingerprint density at radius 2 is 1.64 bits per heavy atom. The number of pyridine rings is 1. The normalized spacial score (nSPS) is 17.5. The van der Waals surface area contributed by atoms with Gasteiger partial charge in [0.15, 0.2) is 11.5 Å². The minimum absolute atomic E-state index is 0.0460. The number of nitrogens with zero attached hydrogens (tertiary/aromatic N) is 3. The van der Waals surface area contributed by atoms with Crippen molar-refractivity contribution < 1.29 is 33.3 Å². The highest BCUT2D eigenvalue weighted by molar-refractivity contribution is 5.99.